The number of rotatable bonds is 2. The summed E-state index contributed by atoms with van der Waals surface area (Å²) in [5.74, 6) is 1.30. The first kappa shape index (κ1) is 12.6. The summed E-state index contributed by atoms with van der Waals surface area (Å²) < 4.78 is 23.5. The number of hydrogen-bond donors (Lipinski definition) is 2. The van der Waals surface area contributed by atoms with E-state index in [1.165, 1.54) is 6.26 Å². The monoisotopic (exact) mass is 279 g/mol. The van der Waals surface area contributed by atoms with Crippen LogP contribution in [0.15, 0.2) is 23.1 Å². The molecular formula is C13H17N3O2S. The van der Waals surface area contributed by atoms with Gasteiger partial charge in [-0.1, -0.05) is 6.07 Å². The predicted octanol–water partition coefficient (Wildman–Crippen LogP) is 1.43. The largest absolute Gasteiger partial charge is 0.342 e. The first-order chi connectivity index (χ1) is 9.05. The molecule has 1 saturated heterocycles. The molecule has 0 radical (unpaired) electrons. The molecule has 2 aromatic rings. The Morgan fingerprint density at radius 1 is 1.26 bits per heavy atom. The lowest BCUT2D eigenvalue weighted by atomic mass is 9.98. The van der Waals surface area contributed by atoms with E-state index in [2.05, 4.69) is 15.3 Å². The van der Waals surface area contributed by atoms with Crippen molar-refractivity contribution in [3.05, 3.63) is 24.0 Å². The van der Waals surface area contributed by atoms with Gasteiger partial charge in [-0.05, 0) is 38.1 Å². The van der Waals surface area contributed by atoms with Gasteiger partial charge in [-0.3, -0.25) is 0 Å². The molecule has 1 aliphatic heterocycles. The average molecular weight is 279 g/mol. The first-order valence-electron chi connectivity index (χ1n) is 6.45. The van der Waals surface area contributed by atoms with Crippen molar-refractivity contribution >= 4 is 20.9 Å². The van der Waals surface area contributed by atoms with Crippen LogP contribution in [-0.2, 0) is 9.84 Å². The highest BCUT2D eigenvalue weighted by Gasteiger charge is 2.21. The third-order valence-electron chi connectivity index (χ3n) is 3.62. The third kappa shape index (κ3) is 2.37. The zero-order chi connectivity index (χ0) is 13.5. The number of nitrogens with one attached hydrogen (secondary N) is 2. The fraction of sp³-hybridized carbons (Fsp3) is 0.462. The van der Waals surface area contributed by atoms with Gasteiger partial charge in [-0.15, -0.1) is 0 Å². The second kappa shape index (κ2) is 4.61. The number of H-pyrrole nitrogens is 1. The lowest BCUT2D eigenvalue weighted by Crippen LogP contribution is -2.27. The van der Waals surface area contributed by atoms with Gasteiger partial charge in [0.1, 0.15) is 11.3 Å². The van der Waals surface area contributed by atoms with E-state index in [4.69, 9.17) is 0 Å². The molecular weight excluding hydrogens is 262 g/mol. The van der Waals surface area contributed by atoms with Crippen molar-refractivity contribution < 1.29 is 8.42 Å². The molecule has 1 aromatic carbocycles. The average Bonchev–Trinajstić information content (AvgIpc) is 2.82. The Morgan fingerprint density at radius 2 is 2.00 bits per heavy atom. The quantitative estimate of drug-likeness (QED) is 0.872. The number of fused-ring (bicyclic) bond motifs is 1. The lowest BCUT2D eigenvalue weighted by Gasteiger charge is -2.20. The smallest absolute Gasteiger partial charge is 0.177 e. The summed E-state index contributed by atoms with van der Waals surface area (Å²) in [6.45, 7) is 1.97. The van der Waals surface area contributed by atoms with E-state index in [1.54, 1.807) is 12.1 Å². The van der Waals surface area contributed by atoms with E-state index < -0.39 is 9.84 Å². The highest BCUT2D eigenvalue weighted by atomic mass is 32.2. The van der Waals surface area contributed by atoms with Gasteiger partial charge < -0.3 is 10.3 Å². The number of benzene rings is 1. The fourth-order valence-electron chi connectivity index (χ4n) is 2.61. The third-order valence-corrected chi connectivity index (χ3v) is 4.75. The van der Waals surface area contributed by atoms with Crippen molar-refractivity contribution in [2.45, 2.75) is 23.7 Å². The van der Waals surface area contributed by atoms with Crippen molar-refractivity contribution in [2.75, 3.05) is 19.3 Å². The van der Waals surface area contributed by atoms with Gasteiger partial charge >= 0.3 is 0 Å². The van der Waals surface area contributed by atoms with E-state index in [0.29, 0.717) is 16.3 Å². The van der Waals surface area contributed by atoms with E-state index in [1.807, 2.05) is 6.07 Å². The van der Waals surface area contributed by atoms with Crippen LogP contribution in [0, 0.1) is 0 Å². The zero-order valence-electron chi connectivity index (χ0n) is 10.8. The molecule has 3 rings (SSSR count). The molecule has 6 heteroatoms. The molecule has 1 aromatic heterocycles. The van der Waals surface area contributed by atoms with Gasteiger partial charge in [-0.25, -0.2) is 13.4 Å². The zero-order valence-corrected chi connectivity index (χ0v) is 11.6. The second-order valence-electron chi connectivity index (χ2n) is 5.07. The van der Waals surface area contributed by atoms with E-state index >= 15 is 0 Å². The van der Waals surface area contributed by atoms with Crippen molar-refractivity contribution in [2.24, 2.45) is 0 Å². The minimum Gasteiger partial charge on any atom is -0.342 e. The highest BCUT2D eigenvalue weighted by Crippen LogP contribution is 2.27. The Balaban J connectivity index is 2.10. The Kier molecular flexibility index (Phi) is 3.06. The molecule has 2 N–H and O–H groups in total. The molecule has 1 fully saturated rings. The molecule has 1 aliphatic rings. The molecule has 0 atom stereocenters. The standard InChI is InChI=1S/C13H17N3O2S/c1-19(17,18)11-4-2-3-10-12(11)16-13(15-10)9-5-7-14-8-6-9/h2-4,9,14H,5-8H2,1H3,(H,15,16). The molecule has 0 spiro atoms. The van der Waals surface area contributed by atoms with Crippen LogP contribution in [0.5, 0.6) is 0 Å². The summed E-state index contributed by atoms with van der Waals surface area (Å²) in [6.07, 6.45) is 3.29. The Labute approximate surface area is 112 Å². The van der Waals surface area contributed by atoms with Crippen LogP contribution in [0.3, 0.4) is 0 Å². The maximum atomic E-state index is 11.8. The predicted molar refractivity (Wildman–Crippen MR) is 74.0 cm³/mol. The van der Waals surface area contributed by atoms with Crippen molar-refractivity contribution in [1.29, 1.82) is 0 Å². The topological polar surface area (TPSA) is 74.8 Å². The minimum absolute atomic E-state index is 0.307. The summed E-state index contributed by atoms with van der Waals surface area (Å²) in [5.41, 5.74) is 1.37. The van der Waals surface area contributed by atoms with Crippen LogP contribution in [-0.4, -0.2) is 37.7 Å². The molecule has 0 unspecified atom stereocenters. The number of imidazole rings is 1. The van der Waals surface area contributed by atoms with Crippen molar-refractivity contribution in [3.8, 4) is 0 Å². The van der Waals surface area contributed by atoms with Crippen molar-refractivity contribution in [1.82, 2.24) is 15.3 Å². The molecule has 2 heterocycles. The van der Waals surface area contributed by atoms with Gasteiger partial charge in [-0.2, -0.15) is 0 Å². The van der Waals surface area contributed by atoms with Gasteiger partial charge in [0.05, 0.1) is 10.4 Å². The number of para-hydroxylation sites is 1. The molecule has 0 amide bonds. The molecule has 19 heavy (non-hydrogen) atoms. The van der Waals surface area contributed by atoms with Crippen LogP contribution in [0.2, 0.25) is 0 Å². The Hall–Kier alpha value is -1.40. The second-order valence-corrected chi connectivity index (χ2v) is 7.05. The van der Waals surface area contributed by atoms with Crippen LogP contribution in [0.4, 0.5) is 0 Å². The summed E-state index contributed by atoms with van der Waals surface area (Å²) in [6, 6.07) is 5.25. The fourth-order valence-corrected chi connectivity index (χ4v) is 3.45. The van der Waals surface area contributed by atoms with E-state index in [9.17, 15) is 8.42 Å². The van der Waals surface area contributed by atoms with Crippen LogP contribution in [0.25, 0.3) is 11.0 Å². The molecule has 0 saturated carbocycles. The molecule has 0 aliphatic carbocycles. The highest BCUT2D eigenvalue weighted by molar-refractivity contribution is 7.91. The summed E-state index contributed by atoms with van der Waals surface area (Å²) >= 11 is 0. The van der Waals surface area contributed by atoms with Gasteiger partial charge in [0.25, 0.3) is 0 Å². The van der Waals surface area contributed by atoms with Crippen molar-refractivity contribution in [3.63, 3.8) is 0 Å². The molecule has 5 nitrogen and oxygen atoms in total. The van der Waals surface area contributed by atoms with Gasteiger partial charge in [0.15, 0.2) is 9.84 Å². The summed E-state index contributed by atoms with van der Waals surface area (Å²) in [7, 11) is -3.24. The van der Waals surface area contributed by atoms with Gasteiger partial charge in [0, 0.05) is 12.2 Å². The number of sulfone groups is 1. The number of aromatic amines is 1. The van der Waals surface area contributed by atoms with E-state index in [0.717, 1.165) is 37.3 Å². The maximum Gasteiger partial charge on any atom is 0.177 e. The Morgan fingerprint density at radius 3 is 2.68 bits per heavy atom. The maximum absolute atomic E-state index is 11.8. The lowest BCUT2D eigenvalue weighted by molar-refractivity contribution is 0.448. The number of aromatic nitrogens is 2. The minimum atomic E-state index is -3.24. The Bertz CT molecular complexity index is 700. The number of piperidine rings is 1. The number of hydrogen-bond acceptors (Lipinski definition) is 4. The summed E-state index contributed by atoms with van der Waals surface area (Å²) in [4.78, 5) is 8.12. The summed E-state index contributed by atoms with van der Waals surface area (Å²) in [5, 5.41) is 3.32. The normalized spacial score (nSPS) is 17.9. The van der Waals surface area contributed by atoms with Crippen LogP contribution < -0.4 is 5.32 Å². The SMILES string of the molecule is CS(=O)(=O)c1cccc2[nH]c(C3CCNCC3)nc12. The van der Waals surface area contributed by atoms with Gasteiger partial charge in [0.2, 0.25) is 0 Å². The molecule has 102 valence electrons. The number of nitrogens with zero attached hydrogens (tertiary/aromatic N) is 1. The van der Waals surface area contributed by atoms with E-state index in [-0.39, 0.29) is 0 Å². The molecule has 0 bridgehead atoms. The first-order valence-corrected chi connectivity index (χ1v) is 8.34. The van der Waals surface area contributed by atoms with Crippen LogP contribution in [0.1, 0.15) is 24.6 Å². The van der Waals surface area contributed by atoms with Crippen LogP contribution >= 0.6 is 0 Å².